The van der Waals surface area contributed by atoms with E-state index in [1.165, 1.54) is 18.4 Å². The van der Waals surface area contributed by atoms with Gasteiger partial charge in [-0.2, -0.15) is 0 Å². The minimum Gasteiger partial charge on any atom is -0.497 e. The second-order valence-electron chi connectivity index (χ2n) is 7.37. The van der Waals surface area contributed by atoms with E-state index in [-0.39, 0.29) is 0 Å². The predicted molar refractivity (Wildman–Crippen MR) is 115 cm³/mol. The summed E-state index contributed by atoms with van der Waals surface area (Å²) in [6, 6.07) is 18.4. The number of hydrogen-bond donors (Lipinski definition) is 1. The summed E-state index contributed by atoms with van der Waals surface area (Å²) < 4.78 is 11.4. The number of rotatable bonds is 9. The van der Waals surface area contributed by atoms with Crippen molar-refractivity contribution in [3.05, 3.63) is 88.7 Å². The number of hydrogen-bond acceptors (Lipinski definition) is 4. The highest BCUT2D eigenvalue weighted by molar-refractivity contribution is 6.30. The molecule has 0 aliphatic heterocycles. The van der Waals surface area contributed by atoms with E-state index in [9.17, 15) is 0 Å². The van der Waals surface area contributed by atoms with Gasteiger partial charge in [0.1, 0.15) is 18.1 Å². The van der Waals surface area contributed by atoms with Crippen LogP contribution in [0, 0.1) is 5.92 Å². The first-order valence-electron chi connectivity index (χ1n) is 9.90. The Morgan fingerprint density at radius 3 is 2.66 bits per heavy atom. The third-order valence-electron chi connectivity index (χ3n) is 5.22. The highest BCUT2D eigenvalue weighted by Crippen LogP contribution is 2.41. The summed E-state index contributed by atoms with van der Waals surface area (Å²) in [5.41, 5.74) is 3.38. The van der Waals surface area contributed by atoms with Gasteiger partial charge < -0.3 is 14.8 Å². The van der Waals surface area contributed by atoms with E-state index < -0.39 is 0 Å². The van der Waals surface area contributed by atoms with Crippen molar-refractivity contribution in [3.8, 4) is 11.5 Å². The summed E-state index contributed by atoms with van der Waals surface area (Å²) in [6.45, 7) is 1.17. The normalized spacial score (nSPS) is 14.4. The smallest absolute Gasteiger partial charge is 0.124 e. The Kier molecular flexibility index (Phi) is 6.33. The quantitative estimate of drug-likeness (QED) is 0.503. The molecule has 1 N–H and O–H groups in total. The van der Waals surface area contributed by atoms with Gasteiger partial charge in [0.05, 0.1) is 7.11 Å². The van der Waals surface area contributed by atoms with Gasteiger partial charge in [0.25, 0.3) is 0 Å². The maximum atomic E-state index is 6.27. The number of methoxy groups -OCH3 is 1. The molecule has 1 unspecified atom stereocenters. The van der Waals surface area contributed by atoms with Crippen LogP contribution in [0.25, 0.3) is 0 Å². The van der Waals surface area contributed by atoms with Crippen LogP contribution in [0.5, 0.6) is 11.5 Å². The molecule has 1 heterocycles. The van der Waals surface area contributed by atoms with Gasteiger partial charge in [-0.05, 0) is 60.7 Å². The van der Waals surface area contributed by atoms with Crippen LogP contribution in [0.2, 0.25) is 5.02 Å². The Labute approximate surface area is 176 Å². The Balaban J connectivity index is 1.46. The molecule has 1 aromatic heterocycles. The topological polar surface area (TPSA) is 43.4 Å². The molecule has 0 bridgehead atoms. The van der Waals surface area contributed by atoms with Gasteiger partial charge in [-0.1, -0.05) is 29.8 Å². The third-order valence-corrected chi connectivity index (χ3v) is 5.46. The summed E-state index contributed by atoms with van der Waals surface area (Å²) >= 11 is 6.27. The van der Waals surface area contributed by atoms with Gasteiger partial charge in [-0.3, -0.25) is 4.98 Å². The molecule has 1 fully saturated rings. The maximum Gasteiger partial charge on any atom is 0.124 e. The van der Waals surface area contributed by atoms with Gasteiger partial charge in [-0.25, -0.2) is 0 Å². The van der Waals surface area contributed by atoms with Crippen molar-refractivity contribution >= 4 is 11.6 Å². The molecule has 1 aliphatic rings. The van der Waals surface area contributed by atoms with E-state index in [0.717, 1.165) is 22.6 Å². The second-order valence-corrected chi connectivity index (χ2v) is 7.81. The lowest BCUT2D eigenvalue weighted by atomic mass is 10.0. The van der Waals surface area contributed by atoms with Crippen LogP contribution in [-0.2, 0) is 13.2 Å². The molecular formula is C24H25ClN2O2. The average molecular weight is 409 g/mol. The monoisotopic (exact) mass is 408 g/mol. The Morgan fingerprint density at radius 1 is 1.14 bits per heavy atom. The zero-order chi connectivity index (χ0) is 20.1. The molecule has 29 heavy (non-hydrogen) atoms. The first-order valence-corrected chi connectivity index (χ1v) is 10.3. The van der Waals surface area contributed by atoms with E-state index in [2.05, 4.69) is 22.4 Å². The summed E-state index contributed by atoms with van der Waals surface area (Å²) in [5, 5.41) is 4.44. The van der Waals surface area contributed by atoms with Crippen molar-refractivity contribution in [2.75, 3.05) is 7.11 Å². The van der Waals surface area contributed by atoms with Crippen LogP contribution in [0.4, 0.5) is 0 Å². The average Bonchev–Trinajstić information content (AvgIpc) is 3.60. The van der Waals surface area contributed by atoms with Crippen molar-refractivity contribution in [1.82, 2.24) is 10.3 Å². The predicted octanol–water partition coefficient (Wildman–Crippen LogP) is 5.56. The fraction of sp³-hybridized carbons (Fsp3) is 0.292. The number of nitrogens with zero attached hydrogens (tertiary/aromatic N) is 1. The van der Waals surface area contributed by atoms with E-state index >= 15 is 0 Å². The molecule has 3 aromatic rings. The van der Waals surface area contributed by atoms with Gasteiger partial charge >= 0.3 is 0 Å². The van der Waals surface area contributed by atoms with Gasteiger partial charge in [-0.15, -0.1) is 0 Å². The maximum absolute atomic E-state index is 6.27. The number of benzene rings is 2. The Hall–Kier alpha value is -2.56. The molecule has 0 spiro atoms. The molecule has 5 heteroatoms. The highest BCUT2D eigenvalue weighted by Gasteiger charge is 2.32. The van der Waals surface area contributed by atoms with Crippen molar-refractivity contribution in [1.29, 1.82) is 0 Å². The number of pyridine rings is 1. The number of nitrogens with one attached hydrogen (secondary N) is 1. The standard InChI is InChI=1S/C24H25ClN2O2/c1-28-22-9-6-19(7-10-22)24(18-4-5-18)27-15-20-13-21(25)8-11-23(20)29-16-17-3-2-12-26-14-17/h2-3,6-14,18,24,27H,4-5,15-16H2,1H3. The molecule has 0 radical (unpaired) electrons. The van der Waals surface area contributed by atoms with Crippen LogP contribution in [0.15, 0.2) is 67.0 Å². The molecule has 2 aromatic carbocycles. The number of halogens is 1. The zero-order valence-corrected chi connectivity index (χ0v) is 17.2. The zero-order valence-electron chi connectivity index (χ0n) is 16.5. The molecule has 1 aliphatic carbocycles. The lowest BCUT2D eigenvalue weighted by Gasteiger charge is -2.20. The largest absolute Gasteiger partial charge is 0.497 e. The van der Waals surface area contributed by atoms with Gasteiger partial charge in [0.15, 0.2) is 0 Å². The van der Waals surface area contributed by atoms with E-state index in [1.807, 2.05) is 48.7 Å². The fourth-order valence-corrected chi connectivity index (χ4v) is 3.68. The van der Waals surface area contributed by atoms with Crippen LogP contribution < -0.4 is 14.8 Å². The van der Waals surface area contributed by atoms with Crippen LogP contribution in [0.3, 0.4) is 0 Å². The molecule has 4 rings (SSSR count). The minimum absolute atomic E-state index is 0.311. The van der Waals surface area contributed by atoms with Crippen LogP contribution >= 0.6 is 11.6 Å². The van der Waals surface area contributed by atoms with Crippen LogP contribution in [0.1, 0.15) is 35.6 Å². The molecule has 0 saturated heterocycles. The van der Waals surface area contributed by atoms with Crippen molar-refractivity contribution in [3.63, 3.8) is 0 Å². The number of aromatic nitrogens is 1. The van der Waals surface area contributed by atoms with E-state index in [4.69, 9.17) is 21.1 Å². The van der Waals surface area contributed by atoms with Crippen molar-refractivity contribution in [2.45, 2.75) is 32.0 Å². The molecule has 1 atom stereocenters. The lowest BCUT2D eigenvalue weighted by molar-refractivity contribution is 0.300. The Bertz CT molecular complexity index is 927. The first kappa shape index (κ1) is 19.7. The lowest BCUT2D eigenvalue weighted by Crippen LogP contribution is -2.23. The summed E-state index contributed by atoms with van der Waals surface area (Å²) in [7, 11) is 1.69. The summed E-state index contributed by atoms with van der Waals surface area (Å²) in [6.07, 6.45) is 6.09. The second kappa shape index (κ2) is 9.29. The highest BCUT2D eigenvalue weighted by atomic mass is 35.5. The van der Waals surface area contributed by atoms with Crippen molar-refractivity contribution < 1.29 is 9.47 Å². The summed E-state index contributed by atoms with van der Waals surface area (Å²) in [4.78, 5) is 4.14. The molecule has 4 nitrogen and oxygen atoms in total. The molecule has 1 saturated carbocycles. The number of ether oxygens (including phenoxy) is 2. The first-order chi connectivity index (χ1) is 14.2. The molecular weight excluding hydrogens is 384 g/mol. The van der Waals surface area contributed by atoms with Gasteiger partial charge in [0.2, 0.25) is 0 Å². The van der Waals surface area contributed by atoms with E-state index in [0.29, 0.717) is 30.1 Å². The van der Waals surface area contributed by atoms with E-state index in [1.54, 1.807) is 13.3 Å². The van der Waals surface area contributed by atoms with Crippen LogP contribution in [-0.4, -0.2) is 12.1 Å². The Morgan fingerprint density at radius 2 is 1.97 bits per heavy atom. The third kappa shape index (κ3) is 5.28. The molecule has 150 valence electrons. The molecule has 0 amide bonds. The minimum atomic E-state index is 0.311. The fourth-order valence-electron chi connectivity index (χ4n) is 3.49. The van der Waals surface area contributed by atoms with Gasteiger partial charge in [0, 0.05) is 41.1 Å². The summed E-state index contributed by atoms with van der Waals surface area (Å²) in [5.74, 6) is 2.39. The SMILES string of the molecule is COc1ccc(C(NCc2cc(Cl)ccc2OCc2cccnc2)C2CC2)cc1. The van der Waals surface area contributed by atoms with Crippen molar-refractivity contribution in [2.24, 2.45) is 5.92 Å².